The van der Waals surface area contributed by atoms with Crippen molar-refractivity contribution in [2.75, 3.05) is 6.61 Å². The molecule has 0 bridgehead atoms. The number of aromatic nitrogens is 2. The van der Waals surface area contributed by atoms with Gasteiger partial charge in [0, 0.05) is 24.4 Å². The van der Waals surface area contributed by atoms with Crippen LogP contribution >= 0.6 is 0 Å². The van der Waals surface area contributed by atoms with Crippen LogP contribution in [0.15, 0.2) is 53.2 Å². The van der Waals surface area contributed by atoms with Crippen LogP contribution in [-0.2, 0) is 29.0 Å². The van der Waals surface area contributed by atoms with E-state index in [9.17, 15) is 4.79 Å². The van der Waals surface area contributed by atoms with Gasteiger partial charge < -0.3 is 9.15 Å². The van der Waals surface area contributed by atoms with Gasteiger partial charge in [0.15, 0.2) is 5.78 Å². The number of ether oxygens (including phenoxy) is 1. The first-order chi connectivity index (χ1) is 13.7. The monoisotopic (exact) mass is 378 g/mol. The fourth-order valence-corrected chi connectivity index (χ4v) is 2.94. The molecule has 3 aromatic rings. The van der Waals surface area contributed by atoms with Gasteiger partial charge in [-0.3, -0.25) is 9.78 Å². The summed E-state index contributed by atoms with van der Waals surface area (Å²) in [5, 5.41) is 0. The molecule has 0 saturated carbocycles. The molecule has 0 spiro atoms. The summed E-state index contributed by atoms with van der Waals surface area (Å²) >= 11 is 0. The fourth-order valence-electron chi connectivity index (χ4n) is 2.94. The minimum absolute atomic E-state index is 0.0971. The lowest BCUT2D eigenvalue weighted by atomic mass is 10.1. The summed E-state index contributed by atoms with van der Waals surface area (Å²) in [7, 11) is 0. The van der Waals surface area contributed by atoms with Gasteiger partial charge in [0.25, 0.3) is 0 Å². The number of ketones is 1. The smallest absolute Gasteiger partial charge is 0.226 e. The second-order valence-electron chi connectivity index (χ2n) is 6.82. The number of pyridine rings is 1. The van der Waals surface area contributed by atoms with Crippen LogP contribution in [0, 0.1) is 6.92 Å². The molecule has 0 aliphatic carbocycles. The second kappa shape index (κ2) is 9.95. The molecule has 28 heavy (non-hydrogen) atoms. The summed E-state index contributed by atoms with van der Waals surface area (Å²) in [6, 6.07) is 12.1. The molecule has 0 fully saturated rings. The van der Waals surface area contributed by atoms with Crippen molar-refractivity contribution < 1.29 is 13.9 Å². The lowest BCUT2D eigenvalue weighted by Crippen LogP contribution is -2.09. The highest BCUT2D eigenvalue weighted by molar-refractivity contribution is 5.79. The molecule has 3 rings (SSSR count). The molecule has 5 nitrogen and oxygen atoms in total. The Morgan fingerprint density at radius 3 is 2.68 bits per heavy atom. The predicted octanol–water partition coefficient (Wildman–Crippen LogP) is 4.72. The highest BCUT2D eigenvalue weighted by atomic mass is 16.5. The molecule has 0 saturated heterocycles. The maximum absolute atomic E-state index is 12.0. The Labute approximate surface area is 165 Å². The number of benzene rings is 1. The molecule has 0 atom stereocenters. The molecular formula is C23H26N2O3. The van der Waals surface area contributed by atoms with E-state index in [4.69, 9.17) is 9.15 Å². The summed E-state index contributed by atoms with van der Waals surface area (Å²) in [5.41, 5.74) is 4.10. The standard InChI is InChI=1S/C23H26N2O3/c1-3-18-9-11-20(12-10-18)23-25-22(17(2)28-23)16-27-15-21(26)8-4-6-19-7-5-13-24-14-19/h5,7,9-14H,3-4,6,8,15-16H2,1-2H3. The minimum Gasteiger partial charge on any atom is -0.441 e. The average Bonchev–Trinajstić information content (AvgIpc) is 3.09. The van der Waals surface area contributed by atoms with Gasteiger partial charge in [0.1, 0.15) is 18.1 Å². The third kappa shape index (κ3) is 5.60. The Kier molecular flexibility index (Phi) is 7.09. The van der Waals surface area contributed by atoms with E-state index in [0.717, 1.165) is 41.8 Å². The highest BCUT2D eigenvalue weighted by Crippen LogP contribution is 2.22. The van der Waals surface area contributed by atoms with Gasteiger partial charge in [-0.15, -0.1) is 0 Å². The van der Waals surface area contributed by atoms with E-state index in [0.29, 0.717) is 12.3 Å². The van der Waals surface area contributed by atoms with Crippen LogP contribution in [0.5, 0.6) is 0 Å². The zero-order valence-electron chi connectivity index (χ0n) is 16.5. The molecular weight excluding hydrogens is 352 g/mol. The lowest BCUT2D eigenvalue weighted by molar-refractivity contribution is -0.124. The molecule has 0 aliphatic rings. The minimum atomic E-state index is 0.0971. The third-order valence-corrected chi connectivity index (χ3v) is 4.65. The quantitative estimate of drug-likeness (QED) is 0.511. The molecule has 0 aliphatic heterocycles. The number of carbonyl (C=O) groups excluding carboxylic acids is 1. The van der Waals surface area contributed by atoms with Crippen molar-refractivity contribution in [3.8, 4) is 11.5 Å². The molecule has 0 unspecified atom stereocenters. The number of nitrogens with zero attached hydrogens (tertiary/aromatic N) is 2. The first-order valence-electron chi connectivity index (χ1n) is 9.69. The van der Waals surface area contributed by atoms with Crippen LogP contribution in [0.3, 0.4) is 0 Å². The Morgan fingerprint density at radius 2 is 1.96 bits per heavy atom. The zero-order chi connectivity index (χ0) is 19.8. The van der Waals surface area contributed by atoms with Crippen molar-refractivity contribution in [1.29, 1.82) is 0 Å². The van der Waals surface area contributed by atoms with E-state index < -0.39 is 0 Å². The predicted molar refractivity (Wildman–Crippen MR) is 108 cm³/mol. The van der Waals surface area contributed by atoms with Crippen molar-refractivity contribution in [3.63, 3.8) is 0 Å². The molecule has 146 valence electrons. The number of oxazole rings is 1. The van der Waals surface area contributed by atoms with Gasteiger partial charge in [0.2, 0.25) is 5.89 Å². The normalized spacial score (nSPS) is 10.9. The van der Waals surface area contributed by atoms with E-state index in [2.05, 4.69) is 29.0 Å². The van der Waals surface area contributed by atoms with Gasteiger partial charge in [-0.05, 0) is 55.5 Å². The van der Waals surface area contributed by atoms with Crippen LogP contribution < -0.4 is 0 Å². The highest BCUT2D eigenvalue weighted by Gasteiger charge is 2.12. The van der Waals surface area contributed by atoms with E-state index in [1.807, 2.05) is 37.4 Å². The van der Waals surface area contributed by atoms with Crippen molar-refractivity contribution in [2.24, 2.45) is 0 Å². The van der Waals surface area contributed by atoms with E-state index in [-0.39, 0.29) is 19.0 Å². The Morgan fingerprint density at radius 1 is 1.14 bits per heavy atom. The number of hydrogen-bond acceptors (Lipinski definition) is 5. The number of Topliss-reactive ketones (excluding diaryl/α,β-unsaturated/α-hetero) is 1. The van der Waals surface area contributed by atoms with Crippen molar-refractivity contribution in [3.05, 3.63) is 71.4 Å². The van der Waals surface area contributed by atoms with Crippen LogP contribution in [0.4, 0.5) is 0 Å². The van der Waals surface area contributed by atoms with Crippen molar-refractivity contribution >= 4 is 5.78 Å². The maximum atomic E-state index is 12.0. The summed E-state index contributed by atoms with van der Waals surface area (Å²) in [6.07, 6.45) is 6.74. The number of rotatable bonds is 10. The molecule has 2 heterocycles. The summed E-state index contributed by atoms with van der Waals surface area (Å²) < 4.78 is 11.3. The Balaban J connectivity index is 1.44. The Hall–Kier alpha value is -2.79. The van der Waals surface area contributed by atoms with Gasteiger partial charge in [-0.2, -0.15) is 0 Å². The van der Waals surface area contributed by atoms with Crippen LogP contribution in [0.2, 0.25) is 0 Å². The summed E-state index contributed by atoms with van der Waals surface area (Å²) in [4.78, 5) is 20.6. The molecule has 2 aromatic heterocycles. The number of aryl methyl sites for hydroxylation is 3. The molecule has 0 amide bonds. The van der Waals surface area contributed by atoms with Crippen LogP contribution in [0.1, 0.15) is 42.3 Å². The molecule has 0 N–H and O–H groups in total. The number of hydrogen-bond donors (Lipinski definition) is 0. The summed E-state index contributed by atoms with van der Waals surface area (Å²) in [5.74, 6) is 1.40. The second-order valence-corrected chi connectivity index (χ2v) is 6.82. The van der Waals surface area contributed by atoms with Gasteiger partial charge in [-0.1, -0.05) is 25.1 Å². The van der Waals surface area contributed by atoms with Gasteiger partial charge in [0.05, 0.1) is 6.61 Å². The zero-order valence-corrected chi connectivity index (χ0v) is 16.5. The average molecular weight is 378 g/mol. The lowest BCUT2D eigenvalue weighted by Gasteiger charge is -2.03. The fraction of sp³-hybridized carbons (Fsp3) is 0.348. The Bertz CT molecular complexity index is 886. The third-order valence-electron chi connectivity index (χ3n) is 4.65. The van der Waals surface area contributed by atoms with E-state index >= 15 is 0 Å². The van der Waals surface area contributed by atoms with Crippen LogP contribution in [0.25, 0.3) is 11.5 Å². The number of carbonyl (C=O) groups is 1. The maximum Gasteiger partial charge on any atom is 0.226 e. The van der Waals surface area contributed by atoms with Crippen molar-refractivity contribution in [2.45, 2.75) is 46.1 Å². The first-order valence-corrected chi connectivity index (χ1v) is 9.69. The topological polar surface area (TPSA) is 65.2 Å². The first kappa shape index (κ1) is 20.0. The SMILES string of the molecule is CCc1ccc(-c2nc(COCC(=O)CCCc3cccnc3)c(C)o2)cc1. The molecule has 1 aromatic carbocycles. The molecule has 5 heteroatoms. The largest absolute Gasteiger partial charge is 0.441 e. The summed E-state index contributed by atoms with van der Waals surface area (Å²) in [6.45, 7) is 4.36. The van der Waals surface area contributed by atoms with Crippen LogP contribution in [-0.4, -0.2) is 22.4 Å². The molecule has 0 radical (unpaired) electrons. The van der Waals surface area contributed by atoms with Crippen molar-refractivity contribution in [1.82, 2.24) is 9.97 Å². The van der Waals surface area contributed by atoms with Gasteiger partial charge in [-0.25, -0.2) is 4.98 Å². The van der Waals surface area contributed by atoms with Gasteiger partial charge >= 0.3 is 0 Å². The van der Waals surface area contributed by atoms with E-state index in [1.54, 1.807) is 6.20 Å². The van der Waals surface area contributed by atoms with E-state index in [1.165, 1.54) is 5.56 Å².